The van der Waals surface area contributed by atoms with Crippen LogP contribution in [0.25, 0.3) is 0 Å². The van der Waals surface area contributed by atoms with Crippen molar-refractivity contribution in [2.75, 3.05) is 5.32 Å². The van der Waals surface area contributed by atoms with Gasteiger partial charge in [-0.25, -0.2) is 0 Å². The van der Waals surface area contributed by atoms with Gasteiger partial charge in [-0.05, 0) is 27.8 Å². The summed E-state index contributed by atoms with van der Waals surface area (Å²) in [5.41, 5.74) is 1.50. The number of nitrogens with one attached hydrogen (secondary N) is 1. The van der Waals surface area contributed by atoms with E-state index in [9.17, 15) is 14.9 Å². The quantitative estimate of drug-likeness (QED) is 0.646. The third kappa shape index (κ3) is 3.45. The summed E-state index contributed by atoms with van der Waals surface area (Å²) >= 11 is 3.05. The Hall–Kier alpha value is -2.23. The lowest BCUT2D eigenvalue weighted by atomic mass is 10.3. The van der Waals surface area contributed by atoms with Crippen molar-refractivity contribution < 1.29 is 9.72 Å². The second-order valence-electron chi connectivity index (χ2n) is 4.39. The number of aryl methyl sites for hydroxylation is 2. The van der Waals surface area contributed by atoms with E-state index in [-0.39, 0.29) is 29.2 Å². The minimum absolute atomic E-state index is 0.152. The van der Waals surface area contributed by atoms with E-state index in [1.165, 1.54) is 10.9 Å². The number of nitro groups is 1. The van der Waals surface area contributed by atoms with E-state index in [0.717, 1.165) is 5.69 Å². The Balaban J connectivity index is 1.94. The van der Waals surface area contributed by atoms with Crippen LogP contribution in [-0.4, -0.2) is 30.4 Å². The molecule has 2 rings (SSSR count). The third-order valence-electron chi connectivity index (χ3n) is 2.95. The third-order valence-corrected chi connectivity index (χ3v) is 3.51. The van der Waals surface area contributed by atoms with Crippen LogP contribution in [0.1, 0.15) is 12.1 Å². The molecule has 21 heavy (non-hydrogen) atoms. The zero-order chi connectivity index (χ0) is 15.6. The van der Waals surface area contributed by atoms with Crippen molar-refractivity contribution in [2.24, 2.45) is 7.05 Å². The van der Waals surface area contributed by atoms with Gasteiger partial charge in [-0.1, -0.05) is 0 Å². The molecule has 112 valence electrons. The number of carbonyl (C=O) groups is 1. The number of aromatic nitrogens is 4. The highest BCUT2D eigenvalue weighted by molar-refractivity contribution is 9.10. The van der Waals surface area contributed by atoms with Crippen molar-refractivity contribution in [3.8, 4) is 0 Å². The molecule has 0 bridgehead atoms. The summed E-state index contributed by atoms with van der Waals surface area (Å²) in [4.78, 5) is 21.9. The Bertz CT molecular complexity index is 692. The maximum atomic E-state index is 11.8. The predicted octanol–water partition coefficient (Wildman–Crippen LogP) is 1.62. The molecule has 0 aliphatic carbocycles. The standard InChI is InChI=1S/C11H13BrN6O3/c1-7-9(5-13-16(7)2)14-10(19)3-4-17-6-8(12)11(15-17)18(20)21/h5-6H,3-4H2,1-2H3,(H,14,19). The van der Waals surface area contributed by atoms with E-state index in [4.69, 9.17) is 0 Å². The van der Waals surface area contributed by atoms with Crippen molar-refractivity contribution in [1.29, 1.82) is 0 Å². The van der Waals surface area contributed by atoms with Gasteiger partial charge in [0.25, 0.3) is 0 Å². The topological polar surface area (TPSA) is 108 Å². The van der Waals surface area contributed by atoms with Gasteiger partial charge in [0.05, 0.1) is 35.4 Å². The van der Waals surface area contributed by atoms with Gasteiger partial charge in [0.15, 0.2) is 0 Å². The van der Waals surface area contributed by atoms with E-state index >= 15 is 0 Å². The van der Waals surface area contributed by atoms with Gasteiger partial charge >= 0.3 is 5.82 Å². The van der Waals surface area contributed by atoms with Crippen LogP contribution >= 0.6 is 15.9 Å². The Kier molecular flexibility index (Phi) is 4.36. The van der Waals surface area contributed by atoms with Gasteiger partial charge in [-0.3, -0.25) is 9.48 Å². The molecule has 0 unspecified atom stereocenters. The Morgan fingerprint density at radius 3 is 2.81 bits per heavy atom. The molecule has 2 heterocycles. The minimum Gasteiger partial charge on any atom is -0.358 e. The van der Waals surface area contributed by atoms with Crippen LogP contribution in [-0.2, 0) is 18.4 Å². The van der Waals surface area contributed by atoms with Crippen LogP contribution < -0.4 is 5.32 Å². The molecule has 2 aromatic rings. The largest absolute Gasteiger partial charge is 0.404 e. The molecule has 0 aliphatic rings. The Labute approximate surface area is 128 Å². The fourth-order valence-corrected chi connectivity index (χ4v) is 2.14. The van der Waals surface area contributed by atoms with Gasteiger partial charge in [0.2, 0.25) is 5.91 Å². The van der Waals surface area contributed by atoms with Crippen molar-refractivity contribution >= 4 is 33.3 Å². The van der Waals surface area contributed by atoms with Crippen LogP contribution in [0.15, 0.2) is 16.9 Å². The molecule has 0 aromatic carbocycles. The number of carbonyl (C=O) groups excluding carboxylic acids is 1. The van der Waals surface area contributed by atoms with Gasteiger partial charge < -0.3 is 15.4 Å². The zero-order valence-electron chi connectivity index (χ0n) is 11.4. The summed E-state index contributed by atoms with van der Waals surface area (Å²) in [5.74, 6) is -0.473. The first-order valence-corrected chi connectivity index (χ1v) is 6.83. The van der Waals surface area contributed by atoms with Crippen LogP contribution in [0.4, 0.5) is 11.5 Å². The molecular weight excluding hydrogens is 344 g/mol. The van der Waals surface area contributed by atoms with Crippen molar-refractivity contribution in [3.05, 3.63) is 32.7 Å². The summed E-state index contributed by atoms with van der Waals surface area (Å²) in [7, 11) is 1.78. The number of nitrogens with zero attached hydrogens (tertiary/aromatic N) is 5. The van der Waals surface area contributed by atoms with E-state index in [2.05, 4.69) is 31.4 Å². The van der Waals surface area contributed by atoms with Crippen molar-refractivity contribution in [3.63, 3.8) is 0 Å². The maximum absolute atomic E-state index is 11.8. The number of rotatable bonds is 5. The van der Waals surface area contributed by atoms with Gasteiger partial charge in [0, 0.05) is 13.5 Å². The van der Waals surface area contributed by atoms with Crippen LogP contribution in [0, 0.1) is 17.0 Å². The minimum atomic E-state index is -0.584. The van der Waals surface area contributed by atoms with Gasteiger partial charge in [0.1, 0.15) is 4.47 Å². The summed E-state index contributed by atoms with van der Waals surface area (Å²) < 4.78 is 3.30. The second-order valence-corrected chi connectivity index (χ2v) is 5.24. The van der Waals surface area contributed by atoms with Crippen molar-refractivity contribution in [2.45, 2.75) is 19.9 Å². The molecule has 0 radical (unpaired) electrons. The zero-order valence-corrected chi connectivity index (χ0v) is 13.0. The van der Waals surface area contributed by atoms with E-state index in [1.54, 1.807) is 17.9 Å². The fraction of sp³-hybridized carbons (Fsp3) is 0.364. The van der Waals surface area contributed by atoms with Crippen molar-refractivity contribution in [1.82, 2.24) is 19.6 Å². The second kappa shape index (κ2) is 6.04. The molecule has 0 spiro atoms. The highest BCUT2D eigenvalue weighted by Crippen LogP contribution is 2.22. The number of anilines is 1. The maximum Gasteiger partial charge on any atom is 0.404 e. The first kappa shape index (κ1) is 15.2. The first-order chi connectivity index (χ1) is 9.88. The molecule has 1 amide bonds. The normalized spacial score (nSPS) is 10.6. The summed E-state index contributed by atoms with van der Waals surface area (Å²) in [6.45, 7) is 2.09. The molecule has 10 heteroatoms. The predicted molar refractivity (Wildman–Crippen MR) is 77.8 cm³/mol. The van der Waals surface area contributed by atoms with Gasteiger partial charge in [-0.2, -0.15) is 9.78 Å². The number of hydrogen-bond donors (Lipinski definition) is 1. The molecule has 0 aliphatic heterocycles. The molecular formula is C11H13BrN6O3. The van der Waals surface area contributed by atoms with Crippen LogP contribution in [0.3, 0.4) is 0 Å². The average Bonchev–Trinajstić information content (AvgIpc) is 2.94. The van der Waals surface area contributed by atoms with Crippen LogP contribution in [0.2, 0.25) is 0 Å². The number of halogens is 1. The molecule has 0 atom stereocenters. The Morgan fingerprint density at radius 2 is 2.29 bits per heavy atom. The lowest BCUT2D eigenvalue weighted by Crippen LogP contribution is -2.15. The SMILES string of the molecule is Cc1c(NC(=O)CCn2cc(Br)c([N+](=O)[O-])n2)cnn1C. The Morgan fingerprint density at radius 1 is 1.57 bits per heavy atom. The molecule has 0 saturated heterocycles. The molecule has 0 saturated carbocycles. The van der Waals surface area contributed by atoms with E-state index in [0.29, 0.717) is 5.69 Å². The smallest absolute Gasteiger partial charge is 0.358 e. The fourth-order valence-electron chi connectivity index (χ4n) is 1.68. The lowest BCUT2D eigenvalue weighted by molar-refractivity contribution is -0.390. The monoisotopic (exact) mass is 356 g/mol. The summed E-state index contributed by atoms with van der Waals surface area (Å²) in [6, 6.07) is 0. The number of hydrogen-bond acceptors (Lipinski definition) is 5. The van der Waals surface area contributed by atoms with Gasteiger partial charge in [-0.15, -0.1) is 0 Å². The van der Waals surface area contributed by atoms with E-state index in [1.807, 2.05) is 6.92 Å². The summed E-state index contributed by atoms with van der Waals surface area (Å²) in [6.07, 6.45) is 3.20. The highest BCUT2D eigenvalue weighted by Gasteiger charge is 2.19. The lowest BCUT2D eigenvalue weighted by Gasteiger charge is -2.03. The molecule has 9 nitrogen and oxygen atoms in total. The molecule has 2 aromatic heterocycles. The summed E-state index contributed by atoms with van der Waals surface area (Å²) in [5, 5.41) is 21.2. The van der Waals surface area contributed by atoms with Crippen LogP contribution in [0.5, 0.6) is 0 Å². The highest BCUT2D eigenvalue weighted by atomic mass is 79.9. The molecule has 0 fully saturated rings. The van der Waals surface area contributed by atoms with E-state index < -0.39 is 4.92 Å². The first-order valence-electron chi connectivity index (χ1n) is 6.04. The molecule has 1 N–H and O–H groups in total. The average molecular weight is 357 g/mol. The number of amides is 1.